The highest BCUT2D eigenvalue weighted by atomic mass is 15.3. The molecular formula is C11H14N6. The van der Waals surface area contributed by atoms with Crippen LogP contribution in [-0.4, -0.2) is 32.7 Å². The van der Waals surface area contributed by atoms with Crippen molar-refractivity contribution in [3.63, 3.8) is 0 Å². The number of hydrogen-bond donors (Lipinski definition) is 0. The molecule has 0 spiro atoms. The van der Waals surface area contributed by atoms with Crippen LogP contribution in [0.1, 0.15) is 19.2 Å². The lowest BCUT2D eigenvalue weighted by Gasteiger charge is -2.20. The lowest BCUT2D eigenvalue weighted by atomic mass is 10.4. The predicted molar refractivity (Wildman–Crippen MR) is 63.6 cm³/mol. The van der Waals surface area contributed by atoms with Gasteiger partial charge in [0, 0.05) is 25.5 Å². The second kappa shape index (κ2) is 4.78. The summed E-state index contributed by atoms with van der Waals surface area (Å²) in [5, 5.41) is 16.8. The number of anilines is 1. The summed E-state index contributed by atoms with van der Waals surface area (Å²) in [4.78, 5) is 6.37. The Morgan fingerprint density at radius 3 is 3.00 bits per heavy atom. The zero-order chi connectivity index (χ0) is 12.3. The molecule has 0 aliphatic heterocycles. The van der Waals surface area contributed by atoms with E-state index in [4.69, 9.17) is 5.26 Å². The van der Waals surface area contributed by atoms with Crippen molar-refractivity contribution in [1.29, 1.82) is 5.26 Å². The fourth-order valence-corrected chi connectivity index (χ4v) is 1.75. The van der Waals surface area contributed by atoms with Crippen molar-refractivity contribution in [3.8, 4) is 6.07 Å². The summed E-state index contributed by atoms with van der Waals surface area (Å²) in [6, 6.07) is 2.14. The number of aryl methyl sites for hydroxylation is 1. The first-order valence-electron chi connectivity index (χ1n) is 5.56. The average Bonchev–Trinajstić information content (AvgIpc) is 2.73. The molecule has 2 aromatic heterocycles. The highest BCUT2D eigenvalue weighted by molar-refractivity contribution is 5.63. The summed E-state index contributed by atoms with van der Waals surface area (Å²) in [5.74, 6) is 1.62. The molecule has 2 aromatic rings. The Kier molecular flexibility index (Phi) is 3.19. The first kappa shape index (κ1) is 11.3. The minimum absolute atomic E-state index is 0.476. The quantitative estimate of drug-likeness (QED) is 0.788. The molecule has 0 unspecified atom stereocenters. The normalized spacial score (nSPS) is 10.4. The molecule has 0 N–H and O–H groups in total. The van der Waals surface area contributed by atoms with Gasteiger partial charge in [-0.25, -0.2) is 4.98 Å². The molecule has 0 saturated carbocycles. The van der Waals surface area contributed by atoms with Gasteiger partial charge in [-0.05, 0) is 13.8 Å². The van der Waals surface area contributed by atoms with E-state index < -0.39 is 0 Å². The van der Waals surface area contributed by atoms with Crippen LogP contribution < -0.4 is 4.90 Å². The third-order valence-corrected chi connectivity index (χ3v) is 2.65. The molecule has 2 heterocycles. The number of nitriles is 1. The van der Waals surface area contributed by atoms with Crippen molar-refractivity contribution in [3.05, 3.63) is 18.2 Å². The van der Waals surface area contributed by atoms with Gasteiger partial charge in [0.2, 0.25) is 5.65 Å². The van der Waals surface area contributed by atoms with Crippen molar-refractivity contribution in [2.24, 2.45) is 0 Å². The Hall–Kier alpha value is -2.16. The van der Waals surface area contributed by atoms with E-state index in [1.54, 1.807) is 6.20 Å². The third-order valence-electron chi connectivity index (χ3n) is 2.65. The van der Waals surface area contributed by atoms with Crippen LogP contribution in [0.15, 0.2) is 12.4 Å². The minimum Gasteiger partial charge on any atom is -0.353 e. The van der Waals surface area contributed by atoms with E-state index in [0.29, 0.717) is 13.0 Å². The smallest absolute Gasteiger partial charge is 0.203 e. The van der Waals surface area contributed by atoms with Crippen LogP contribution in [0.25, 0.3) is 5.65 Å². The van der Waals surface area contributed by atoms with Crippen molar-refractivity contribution >= 4 is 11.5 Å². The Balaban J connectivity index is 2.43. The van der Waals surface area contributed by atoms with E-state index in [1.807, 2.05) is 29.3 Å². The van der Waals surface area contributed by atoms with Gasteiger partial charge in [-0.2, -0.15) is 5.26 Å². The summed E-state index contributed by atoms with van der Waals surface area (Å²) in [6.45, 7) is 5.38. The van der Waals surface area contributed by atoms with Crippen LogP contribution in [0.3, 0.4) is 0 Å². The van der Waals surface area contributed by atoms with Gasteiger partial charge in [0.1, 0.15) is 5.82 Å². The number of nitrogens with zero attached hydrogens (tertiary/aromatic N) is 6. The summed E-state index contributed by atoms with van der Waals surface area (Å²) < 4.78 is 1.90. The van der Waals surface area contributed by atoms with Gasteiger partial charge in [0.25, 0.3) is 0 Å². The molecule has 17 heavy (non-hydrogen) atoms. The van der Waals surface area contributed by atoms with Gasteiger partial charge >= 0.3 is 0 Å². The minimum atomic E-state index is 0.476. The Morgan fingerprint density at radius 2 is 2.29 bits per heavy atom. The molecule has 0 amide bonds. The fourth-order valence-electron chi connectivity index (χ4n) is 1.75. The molecule has 2 rings (SSSR count). The Labute approximate surface area is 99.5 Å². The SMILES string of the molecule is CCN(CCC#N)c1nccn2c(C)nnc12. The fraction of sp³-hybridized carbons (Fsp3) is 0.455. The number of fused-ring (bicyclic) bond motifs is 1. The maximum absolute atomic E-state index is 8.64. The van der Waals surface area contributed by atoms with Gasteiger partial charge in [-0.3, -0.25) is 4.40 Å². The van der Waals surface area contributed by atoms with Crippen LogP contribution >= 0.6 is 0 Å². The predicted octanol–water partition coefficient (Wildman–Crippen LogP) is 1.17. The number of hydrogen-bond acceptors (Lipinski definition) is 5. The zero-order valence-corrected chi connectivity index (χ0v) is 9.96. The van der Waals surface area contributed by atoms with E-state index in [-0.39, 0.29) is 0 Å². The monoisotopic (exact) mass is 230 g/mol. The molecule has 0 aromatic carbocycles. The molecule has 0 bridgehead atoms. The second-order valence-electron chi connectivity index (χ2n) is 3.68. The standard InChI is InChI=1S/C11H14N6/c1-3-16(7-4-5-12)10-11-15-14-9(2)17(11)8-6-13-10/h6,8H,3-4,7H2,1-2H3. The maximum Gasteiger partial charge on any atom is 0.203 e. The van der Waals surface area contributed by atoms with Crippen molar-refractivity contribution in [1.82, 2.24) is 19.6 Å². The molecule has 0 saturated heterocycles. The molecule has 6 nitrogen and oxygen atoms in total. The molecular weight excluding hydrogens is 216 g/mol. The van der Waals surface area contributed by atoms with E-state index in [0.717, 1.165) is 23.8 Å². The van der Waals surface area contributed by atoms with Crippen LogP contribution in [-0.2, 0) is 0 Å². The molecule has 0 radical (unpaired) electrons. The lowest BCUT2D eigenvalue weighted by molar-refractivity contribution is 0.808. The van der Waals surface area contributed by atoms with Crippen LogP contribution in [0, 0.1) is 18.3 Å². The van der Waals surface area contributed by atoms with Crippen molar-refractivity contribution in [2.45, 2.75) is 20.3 Å². The summed E-state index contributed by atoms with van der Waals surface area (Å²) >= 11 is 0. The van der Waals surface area contributed by atoms with Gasteiger partial charge in [0.05, 0.1) is 12.5 Å². The first-order chi connectivity index (χ1) is 8.27. The molecule has 88 valence electrons. The Bertz CT molecular complexity index is 553. The second-order valence-corrected chi connectivity index (χ2v) is 3.68. The van der Waals surface area contributed by atoms with Gasteiger partial charge in [-0.15, -0.1) is 10.2 Å². The highest BCUT2D eigenvalue weighted by Crippen LogP contribution is 2.17. The number of aromatic nitrogens is 4. The maximum atomic E-state index is 8.64. The summed E-state index contributed by atoms with van der Waals surface area (Å²) in [7, 11) is 0. The summed E-state index contributed by atoms with van der Waals surface area (Å²) in [6.07, 6.45) is 4.05. The van der Waals surface area contributed by atoms with E-state index in [1.165, 1.54) is 0 Å². The van der Waals surface area contributed by atoms with E-state index in [9.17, 15) is 0 Å². The van der Waals surface area contributed by atoms with Crippen LogP contribution in [0.2, 0.25) is 0 Å². The average molecular weight is 230 g/mol. The molecule has 0 atom stereocenters. The van der Waals surface area contributed by atoms with Crippen molar-refractivity contribution < 1.29 is 0 Å². The first-order valence-corrected chi connectivity index (χ1v) is 5.56. The molecule has 0 aliphatic carbocycles. The number of rotatable bonds is 4. The topological polar surface area (TPSA) is 70.1 Å². The van der Waals surface area contributed by atoms with E-state index in [2.05, 4.69) is 21.3 Å². The van der Waals surface area contributed by atoms with Crippen LogP contribution in [0.4, 0.5) is 5.82 Å². The van der Waals surface area contributed by atoms with Crippen LogP contribution in [0.5, 0.6) is 0 Å². The highest BCUT2D eigenvalue weighted by Gasteiger charge is 2.13. The zero-order valence-electron chi connectivity index (χ0n) is 9.96. The van der Waals surface area contributed by atoms with E-state index >= 15 is 0 Å². The third kappa shape index (κ3) is 2.04. The molecule has 6 heteroatoms. The van der Waals surface area contributed by atoms with Crippen molar-refractivity contribution in [2.75, 3.05) is 18.0 Å². The van der Waals surface area contributed by atoms with Gasteiger partial charge < -0.3 is 4.90 Å². The molecule has 0 aliphatic rings. The lowest BCUT2D eigenvalue weighted by Crippen LogP contribution is -2.25. The van der Waals surface area contributed by atoms with Gasteiger partial charge in [0.15, 0.2) is 5.82 Å². The molecule has 0 fully saturated rings. The largest absolute Gasteiger partial charge is 0.353 e. The van der Waals surface area contributed by atoms with Gasteiger partial charge in [-0.1, -0.05) is 0 Å². The Morgan fingerprint density at radius 1 is 1.47 bits per heavy atom. The summed E-state index contributed by atoms with van der Waals surface area (Å²) in [5.41, 5.74) is 0.741.